The van der Waals surface area contributed by atoms with Crippen LogP contribution in [0.1, 0.15) is 19.3 Å². The number of hydrogen-bond acceptors (Lipinski definition) is 2. The third-order valence-corrected chi connectivity index (χ3v) is 4.18. The van der Waals surface area contributed by atoms with Crippen LogP contribution < -0.4 is 0 Å². The monoisotopic (exact) mass is 178 g/mol. The molecule has 5 unspecified atom stereocenters. The highest BCUT2D eigenvalue weighted by Gasteiger charge is 2.53. The Morgan fingerprint density at radius 1 is 1.31 bits per heavy atom. The predicted molar refractivity (Wildman–Crippen MR) is 47.9 cm³/mol. The molecule has 3 aliphatic rings. The molecule has 0 aromatic heterocycles. The summed E-state index contributed by atoms with van der Waals surface area (Å²) in [5.74, 6) is 3.08. The van der Waals surface area contributed by atoms with Crippen LogP contribution in [-0.4, -0.2) is 12.6 Å². The van der Waals surface area contributed by atoms with E-state index in [-0.39, 0.29) is 6.10 Å². The van der Waals surface area contributed by atoms with E-state index in [1.807, 2.05) is 0 Å². The Hall–Kier alpha value is -0.790. The molecule has 0 spiro atoms. The molecule has 2 heteroatoms. The van der Waals surface area contributed by atoms with Crippen molar-refractivity contribution in [2.75, 3.05) is 0 Å². The molecule has 0 aromatic rings. The lowest BCUT2D eigenvalue weighted by atomic mass is 9.80. The van der Waals surface area contributed by atoms with Gasteiger partial charge in [0, 0.05) is 5.92 Å². The van der Waals surface area contributed by atoms with E-state index < -0.39 is 0 Å². The second kappa shape index (κ2) is 2.60. The zero-order valence-corrected chi connectivity index (χ0v) is 7.56. The molecule has 2 saturated carbocycles. The van der Waals surface area contributed by atoms with Crippen molar-refractivity contribution in [1.82, 2.24) is 0 Å². The van der Waals surface area contributed by atoms with Gasteiger partial charge in [0.25, 0.3) is 6.47 Å². The lowest BCUT2D eigenvalue weighted by Crippen LogP contribution is -2.29. The van der Waals surface area contributed by atoms with Gasteiger partial charge >= 0.3 is 0 Å². The summed E-state index contributed by atoms with van der Waals surface area (Å²) in [7, 11) is 0. The molecule has 2 fully saturated rings. The van der Waals surface area contributed by atoms with Gasteiger partial charge in [0.1, 0.15) is 6.10 Å². The quantitative estimate of drug-likeness (QED) is 0.475. The molecule has 2 bridgehead atoms. The number of allylic oxidation sites excluding steroid dienone is 2. The summed E-state index contributed by atoms with van der Waals surface area (Å²) in [6.45, 7) is 0.624. The minimum absolute atomic E-state index is 0.228. The molecule has 0 amide bonds. The molecular weight excluding hydrogens is 164 g/mol. The number of carbonyl (C=O) groups excluding carboxylic acids is 1. The minimum atomic E-state index is 0.228. The van der Waals surface area contributed by atoms with Crippen molar-refractivity contribution in [2.45, 2.75) is 25.4 Å². The van der Waals surface area contributed by atoms with Gasteiger partial charge in [0.2, 0.25) is 0 Å². The van der Waals surface area contributed by atoms with E-state index in [1.54, 1.807) is 0 Å². The van der Waals surface area contributed by atoms with E-state index in [0.29, 0.717) is 12.4 Å². The van der Waals surface area contributed by atoms with Crippen molar-refractivity contribution in [3.05, 3.63) is 12.2 Å². The molecule has 5 atom stereocenters. The molecule has 3 rings (SSSR count). The van der Waals surface area contributed by atoms with Gasteiger partial charge in [-0.05, 0) is 37.0 Å². The average molecular weight is 178 g/mol. The molecular formula is C11H14O2. The SMILES string of the molecule is O=COC1CC2CC1C1C=CCC21. The zero-order chi connectivity index (χ0) is 8.84. The number of ether oxygens (including phenoxy) is 1. The van der Waals surface area contributed by atoms with Gasteiger partial charge in [-0.2, -0.15) is 0 Å². The molecule has 0 aromatic carbocycles. The smallest absolute Gasteiger partial charge is 0.293 e. The summed E-state index contributed by atoms with van der Waals surface area (Å²) < 4.78 is 5.13. The van der Waals surface area contributed by atoms with Gasteiger partial charge in [-0.25, -0.2) is 0 Å². The van der Waals surface area contributed by atoms with Crippen molar-refractivity contribution in [3.63, 3.8) is 0 Å². The summed E-state index contributed by atoms with van der Waals surface area (Å²) in [4.78, 5) is 10.3. The Morgan fingerprint density at radius 3 is 3.08 bits per heavy atom. The van der Waals surface area contributed by atoms with E-state index in [0.717, 1.165) is 24.2 Å². The number of hydrogen-bond donors (Lipinski definition) is 0. The van der Waals surface area contributed by atoms with Gasteiger partial charge in [-0.1, -0.05) is 12.2 Å². The van der Waals surface area contributed by atoms with Gasteiger partial charge in [0.05, 0.1) is 0 Å². The molecule has 70 valence electrons. The van der Waals surface area contributed by atoms with E-state index in [2.05, 4.69) is 12.2 Å². The first-order chi connectivity index (χ1) is 6.40. The lowest BCUT2D eigenvalue weighted by Gasteiger charge is -2.29. The average Bonchev–Trinajstić information content (AvgIpc) is 2.72. The highest BCUT2D eigenvalue weighted by molar-refractivity contribution is 5.38. The van der Waals surface area contributed by atoms with Crippen LogP contribution in [0, 0.1) is 23.7 Å². The third kappa shape index (κ3) is 0.917. The Kier molecular flexibility index (Phi) is 1.52. The normalized spacial score (nSPS) is 50.9. The van der Waals surface area contributed by atoms with Crippen LogP contribution in [0.3, 0.4) is 0 Å². The summed E-state index contributed by atoms with van der Waals surface area (Å²) in [5.41, 5.74) is 0. The Morgan fingerprint density at radius 2 is 2.23 bits per heavy atom. The molecule has 3 aliphatic carbocycles. The summed E-state index contributed by atoms with van der Waals surface area (Å²) in [6, 6.07) is 0. The predicted octanol–water partition coefficient (Wildman–Crippen LogP) is 1.76. The fourth-order valence-electron chi connectivity index (χ4n) is 3.71. The summed E-state index contributed by atoms with van der Waals surface area (Å²) in [6.07, 6.45) is 8.55. The van der Waals surface area contributed by atoms with E-state index >= 15 is 0 Å². The van der Waals surface area contributed by atoms with Gasteiger partial charge in [0.15, 0.2) is 0 Å². The standard InChI is InChI=1S/C11H14O2/c12-6-13-11-5-7-4-10(11)9-3-1-2-8(7)9/h1,3,6-11H,2,4-5H2. The Balaban J connectivity index is 1.81. The van der Waals surface area contributed by atoms with Crippen LogP contribution in [0.2, 0.25) is 0 Å². The number of carbonyl (C=O) groups is 1. The van der Waals surface area contributed by atoms with Gasteiger partial charge < -0.3 is 4.74 Å². The largest absolute Gasteiger partial charge is 0.464 e. The maximum absolute atomic E-state index is 10.3. The first-order valence-electron chi connectivity index (χ1n) is 5.16. The lowest BCUT2D eigenvalue weighted by molar-refractivity contribution is -0.137. The van der Waals surface area contributed by atoms with Gasteiger partial charge in [-0.15, -0.1) is 0 Å². The van der Waals surface area contributed by atoms with Crippen molar-refractivity contribution in [2.24, 2.45) is 23.7 Å². The third-order valence-electron chi connectivity index (χ3n) is 4.18. The topological polar surface area (TPSA) is 26.3 Å². The van der Waals surface area contributed by atoms with E-state index in [1.165, 1.54) is 12.8 Å². The fraction of sp³-hybridized carbons (Fsp3) is 0.727. The maximum atomic E-state index is 10.3. The van der Waals surface area contributed by atoms with Gasteiger partial charge in [-0.3, -0.25) is 4.79 Å². The number of rotatable bonds is 2. The fourth-order valence-corrected chi connectivity index (χ4v) is 3.71. The van der Waals surface area contributed by atoms with Crippen molar-refractivity contribution >= 4 is 6.47 Å². The molecule has 0 heterocycles. The molecule has 0 radical (unpaired) electrons. The summed E-state index contributed by atoms with van der Waals surface area (Å²) in [5, 5.41) is 0. The van der Waals surface area contributed by atoms with Crippen LogP contribution in [0.25, 0.3) is 0 Å². The van der Waals surface area contributed by atoms with Crippen LogP contribution >= 0.6 is 0 Å². The maximum Gasteiger partial charge on any atom is 0.293 e. The summed E-state index contributed by atoms with van der Waals surface area (Å²) >= 11 is 0. The van der Waals surface area contributed by atoms with E-state index in [4.69, 9.17) is 4.74 Å². The van der Waals surface area contributed by atoms with Crippen LogP contribution in [0.5, 0.6) is 0 Å². The molecule has 0 aliphatic heterocycles. The van der Waals surface area contributed by atoms with Crippen molar-refractivity contribution in [3.8, 4) is 0 Å². The Labute approximate surface area is 78.0 Å². The van der Waals surface area contributed by atoms with E-state index in [9.17, 15) is 4.79 Å². The number of fused-ring (bicyclic) bond motifs is 5. The highest BCUT2D eigenvalue weighted by Crippen LogP contribution is 2.57. The zero-order valence-electron chi connectivity index (χ0n) is 7.56. The highest BCUT2D eigenvalue weighted by atomic mass is 16.5. The van der Waals surface area contributed by atoms with Crippen LogP contribution in [0.15, 0.2) is 12.2 Å². The molecule has 2 nitrogen and oxygen atoms in total. The Bertz CT molecular complexity index is 259. The van der Waals surface area contributed by atoms with Crippen molar-refractivity contribution < 1.29 is 9.53 Å². The first kappa shape index (κ1) is 7.60. The van der Waals surface area contributed by atoms with Crippen LogP contribution in [-0.2, 0) is 9.53 Å². The van der Waals surface area contributed by atoms with Crippen molar-refractivity contribution in [1.29, 1.82) is 0 Å². The van der Waals surface area contributed by atoms with Crippen LogP contribution in [0.4, 0.5) is 0 Å². The molecule has 13 heavy (non-hydrogen) atoms. The first-order valence-corrected chi connectivity index (χ1v) is 5.16. The molecule has 0 saturated heterocycles. The minimum Gasteiger partial charge on any atom is -0.464 e. The second-order valence-electron chi connectivity index (χ2n) is 4.57. The second-order valence-corrected chi connectivity index (χ2v) is 4.57. The molecule has 0 N–H and O–H groups in total.